The zero-order chi connectivity index (χ0) is 14.1. The number of rotatable bonds is 9. The highest BCUT2D eigenvalue weighted by atomic mass is 32.2. The molecule has 0 fully saturated rings. The molecule has 0 amide bonds. The topological polar surface area (TPSA) is 77.4 Å². The zero-order valence-corrected chi connectivity index (χ0v) is 12.8. The molecule has 0 bridgehead atoms. The minimum Gasteiger partial charge on any atom is -0.299 e. The van der Waals surface area contributed by atoms with E-state index in [1.165, 1.54) is 0 Å². The molecular formula is C13H23N5S. The van der Waals surface area contributed by atoms with Gasteiger partial charge in [-0.1, -0.05) is 25.6 Å². The molecule has 1 aromatic heterocycles. The summed E-state index contributed by atoms with van der Waals surface area (Å²) in [5, 5.41) is 20.5. The van der Waals surface area contributed by atoms with E-state index in [-0.39, 0.29) is 5.54 Å². The summed E-state index contributed by atoms with van der Waals surface area (Å²) in [5.74, 6) is 1.78. The van der Waals surface area contributed by atoms with Crippen molar-refractivity contribution in [1.29, 1.82) is 5.26 Å². The SMILES string of the molecule is CCCNC(C#N)(CC)CCCSc1n[nH]c(C)n1. The van der Waals surface area contributed by atoms with Crippen LogP contribution in [0.15, 0.2) is 5.16 Å². The lowest BCUT2D eigenvalue weighted by molar-refractivity contribution is 0.371. The standard InChI is InChI=1S/C13H23N5S/c1-4-8-15-13(5-2,10-14)7-6-9-19-12-16-11(3)17-18-12/h15H,4-9H2,1-3H3,(H,16,17,18). The Balaban J connectivity index is 2.34. The molecule has 0 aliphatic carbocycles. The highest BCUT2D eigenvalue weighted by Crippen LogP contribution is 2.20. The van der Waals surface area contributed by atoms with Gasteiger partial charge in [0, 0.05) is 5.75 Å². The molecule has 1 rings (SSSR count). The first-order chi connectivity index (χ1) is 9.15. The Bertz CT molecular complexity index is 411. The van der Waals surface area contributed by atoms with E-state index in [9.17, 15) is 5.26 Å². The fraction of sp³-hybridized carbons (Fsp3) is 0.769. The average molecular weight is 281 g/mol. The molecule has 0 spiro atoms. The van der Waals surface area contributed by atoms with E-state index in [1.807, 2.05) is 6.92 Å². The number of thioether (sulfide) groups is 1. The second-order valence-electron chi connectivity index (χ2n) is 4.63. The third-order valence-electron chi connectivity index (χ3n) is 3.09. The van der Waals surface area contributed by atoms with Crippen LogP contribution in [0.25, 0.3) is 0 Å². The molecule has 0 aromatic carbocycles. The number of nitrogens with one attached hydrogen (secondary N) is 2. The lowest BCUT2D eigenvalue weighted by Crippen LogP contribution is -2.43. The van der Waals surface area contributed by atoms with Crippen molar-refractivity contribution in [3.63, 3.8) is 0 Å². The number of H-pyrrole nitrogens is 1. The van der Waals surface area contributed by atoms with E-state index >= 15 is 0 Å². The van der Waals surface area contributed by atoms with Gasteiger partial charge in [0.05, 0.1) is 6.07 Å². The Morgan fingerprint density at radius 3 is 2.79 bits per heavy atom. The van der Waals surface area contributed by atoms with Gasteiger partial charge in [0.25, 0.3) is 0 Å². The number of nitriles is 1. The molecule has 1 atom stereocenters. The molecule has 1 heterocycles. The quantitative estimate of drug-likeness (QED) is 0.537. The van der Waals surface area contributed by atoms with Crippen LogP contribution in [-0.2, 0) is 0 Å². The van der Waals surface area contributed by atoms with Crippen LogP contribution in [0.4, 0.5) is 0 Å². The van der Waals surface area contributed by atoms with Crippen LogP contribution in [0.3, 0.4) is 0 Å². The van der Waals surface area contributed by atoms with Gasteiger partial charge in [-0.05, 0) is 39.2 Å². The summed E-state index contributed by atoms with van der Waals surface area (Å²) in [4.78, 5) is 4.25. The fourth-order valence-corrected chi connectivity index (χ4v) is 2.64. The van der Waals surface area contributed by atoms with Crippen LogP contribution in [-0.4, -0.2) is 33.0 Å². The van der Waals surface area contributed by atoms with Crippen molar-refractivity contribution in [2.24, 2.45) is 0 Å². The van der Waals surface area contributed by atoms with Gasteiger partial charge in [-0.15, -0.1) is 5.10 Å². The molecule has 0 aliphatic heterocycles. The monoisotopic (exact) mass is 281 g/mol. The zero-order valence-electron chi connectivity index (χ0n) is 12.0. The molecule has 1 aromatic rings. The number of hydrogen-bond acceptors (Lipinski definition) is 5. The van der Waals surface area contributed by atoms with Crippen molar-refractivity contribution in [3.05, 3.63) is 5.82 Å². The molecule has 106 valence electrons. The van der Waals surface area contributed by atoms with Gasteiger partial charge in [0.1, 0.15) is 11.4 Å². The van der Waals surface area contributed by atoms with Gasteiger partial charge in [-0.2, -0.15) is 5.26 Å². The Morgan fingerprint density at radius 1 is 1.47 bits per heavy atom. The maximum absolute atomic E-state index is 9.37. The molecule has 6 heteroatoms. The van der Waals surface area contributed by atoms with Crippen molar-refractivity contribution in [1.82, 2.24) is 20.5 Å². The molecule has 1 unspecified atom stereocenters. The van der Waals surface area contributed by atoms with Crippen LogP contribution < -0.4 is 5.32 Å². The predicted molar refractivity (Wildman–Crippen MR) is 78.0 cm³/mol. The molecule has 5 nitrogen and oxygen atoms in total. The molecule has 19 heavy (non-hydrogen) atoms. The molecule has 0 saturated heterocycles. The Labute approximate surface area is 119 Å². The highest BCUT2D eigenvalue weighted by Gasteiger charge is 2.26. The molecular weight excluding hydrogens is 258 g/mol. The van der Waals surface area contributed by atoms with Gasteiger partial charge in [-0.25, -0.2) is 4.98 Å². The van der Waals surface area contributed by atoms with Crippen LogP contribution in [0, 0.1) is 18.3 Å². The number of aromatic nitrogens is 3. The first-order valence-electron chi connectivity index (χ1n) is 6.84. The molecule has 0 radical (unpaired) electrons. The third kappa shape index (κ3) is 5.21. The van der Waals surface area contributed by atoms with E-state index in [2.05, 4.69) is 40.4 Å². The maximum atomic E-state index is 9.37. The predicted octanol–water partition coefficient (Wildman–Crippen LogP) is 2.66. The Kier molecular flexibility index (Phi) is 6.89. The summed E-state index contributed by atoms with van der Waals surface area (Å²) in [5.41, 5.74) is -0.370. The summed E-state index contributed by atoms with van der Waals surface area (Å²) in [6.45, 7) is 6.97. The van der Waals surface area contributed by atoms with E-state index in [4.69, 9.17) is 0 Å². The number of aryl methyl sites for hydroxylation is 1. The summed E-state index contributed by atoms with van der Waals surface area (Å²) in [6, 6.07) is 2.45. The lowest BCUT2D eigenvalue weighted by atomic mass is 9.92. The van der Waals surface area contributed by atoms with Gasteiger partial charge >= 0.3 is 0 Å². The van der Waals surface area contributed by atoms with Crippen molar-refractivity contribution in [2.45, 2.75) is 57.1 Å². The van der Waals surface area contributed by atoms with Gasteiger partial charge < -0.3 is 0 Å². The Hall–Kier alpha value is -1.06. The van der Waals surface area contributed by atoms with E-state index in [0.29, 0.717) is 0 Å². The third-order valence-corrected chi connectivity index (χ3v) is 4.02. The second kappa shape index (κ2) is 8.18. The van der Waals surface area contributed by atoms with Crippen LogP contribution >= 0.6 is 11.8 Å². The second-order valence-corrected chi connectivity index (χ2v) is 5.69. The van der Waals surface area contributed by atoms with Crippen molar-refractivity contribution in [3.8, 4) is 6.07 Å². The van der Waals surface area contributed by atoms with Crippen LogP contribution in [0.5, 0.6) is 0 Å². The van der Waals surface area contributed by atoms with Crippen molar-refractivity contribution < 1.29 is 0 Å². The smallest absolute Gasteiger partial charge is 0.208 e. The van der Waals surface area contributed by atoms with Gasteiger partial charge in [-0.3, -0.25) is 10.4 Å². The lowest BCUT2D eigenvalue weighted by Gasteiger charge is -2.26. The van der Waals surface area contributed by atoms with Crippen LogP contribution in [0.2, 0.25) is 0 Å². The summed E-state index contributed by atoms with van der Waals surface area (Å²) >= 11 is 1.64. The summed E-state index contributed by atoms with van der Waals surface area (Å²) in [6.07, 6.45) is 3.75. The number of aromatic amines is 1. The van der Waals surface area contributed by atoms with E-state index < -0.39 is 0 Å². The van der Waals surface area contributed by atoms with E-state index in [0.717, 1.165) is 49.0 Å². The average Bonchev–Trinajstić information content (AvgIpc) is 2.84. The normalized spacial score (nSPS) is 14.0. The largest absolute Gasteiger partial charge is 0.299 e. The number of hydrogen-bond donors (Lipinski definition) is 2. The minimum absolute atomic E-state index is 0.370. The summed E-state index contributed by atoms with van der Waals surface area (Å²) in [7, 11) is 0. The molecule has 0 saturated carbocycles. The fourth-order valence-electron chi connectivity index (χ4n) is 1.85. The number of nitrogens with zero attached hydrogens (tertiary/aromatic N) is 3. The van der Waals surface area contributed by atoms with Crippen molar-refractivity contribution >= 4 is 11.8 Å². The molecule has 0 aliphatic rings. The first-order valence-corrected chi connectivity index (χ1v) is 7.82. The first kappa shape index (κ1) is 16.0. The Morgan fingerprint density at radius 2 is 2.26 bits per heavy atom. The highest BCUT2D eigenvalue weighted by molar-refractivity contribution is 7.99. The van der Waals surface area contributed by atoms with Gasteiger partial charge in [0.2, 0.25) is 5.16 Å². The minimum atomic E-state index is -0.370. The van der Waals surface area contributed by atoms with Crippen LogP contribution in [0.1, 0.15) is 45.4 Å². The maximum Gasteiger partial charge on any atom is 0.208 e. The van der Waals surface area contributed by atoms with E-state index in [1.54, 1.807) is 11.8 Å². The van der Waals surface area contributed by atoms with Gasteiger partial charge in [0.15, 0.2) is 0 Å². The summed E-state index contributed by atoms with van der Waals surface area (Å²) < 4.78 is 0. The van der Waals surface area contributed by atoms with Crippen molar-refractivity contribution in [2.75, 3.05) is 12.3 Å². The molecule has 2 N–H and O–H groups in total.